The van der Waals surface area contributed by atoms with Gasteiger partial charge in [0.2, 0.25) is 5.75 Å². The van der Waals surface area contributed by atoms with Gasteiger partial charge in [-0.25, -0.2) is 4.79 Å². The number of hydrogen-bond acceptors (Lipinski definition) is 8. The molecule has 0 saturated heterocycles. The van der Waals surface area contributed by atoms with Crippen LogP contribution >= 0.6 is 0 Å². The molecule has 1 atom stereocenters. The number of aromatic hydroxyl groups is 2. The molecule has 1 aromatic heterocycles. The van der Waals surface area contributed by atoms with Gasteiger partial charge in [-0.3, -0.25) is 4.79 Å². The summed E-state index contributed by atoms with van der Waals surface area (Å²) >= 11 is 0. The zero-order valence-electron chi connectivity index (χ0n) is 14.9. The summed E-state index contributed by atoms with van der Waals surface area (Å²) < 4.78 is 20.0. The van der Waals surface area contributed by atoms with Crippen molar-refractivity contribution in [2.24, 2.45) is 0 Å². The van der Waals surface area contributed by atoms with Crippen molar-refractivity contribution in [1.29, 1.82) is 0 Å². The van der Waals surface area contributed by atoms with Gasteiger partial charge in [0.15, 0.2) is 11.5 Å². The molecular formula is C18H20O8. The normalized spacial score (nSPS) is 11.7. The Morgan fingerprint density at radius 2 is 1.69 bits per heavy atom. The second-order valence-corrected chi connectivity index (χ2v) is 5.55. The molecule has 0 aliphatic carbocycles. The summed E-state index contributed by atoms with van der Waals surface area (Å²) in [5.74, 6) is -1.62. The van der Waals surface area contributed by atoms with Gasteiger partial charge in [-0.05, 0) is 24.6 Å². The Hall–Kier alpha value is -3.16. The number of benzene rings is 1. The van der Waals surface area contributed by atoms with Gasteiger partial charge in [0.05, 0.1) is 33.3 Å². The Morgan fingerprint density at radius 1 is 1.12 bits per heavy atom. The number of carbonyl (C=O) groups is 1. The number of carbonyl (C=O) groups excluding carboxylic acids is 1. The van der Waals surface area contributed by atoms with Crippen LogP contribution in [0.4, 0.5) is 0 Å². The van der Waals surface area contributed by atoms with E-state index < -0.39 is 17.5 Å². The first-order valence-corrected chi connectivity index (χ1v) is 7.67. The maximum atomic E-state index is 12.3. The number of esters is 1. The number of hydrogen-bond donors (Lipinski definition) is 2. The third kappa shape index (κ3) is 3.74. The Kier molecular flexibility index (Phi) is 5.76. The smallest absolute Gasteiger partial charge is 0.343 e. The SMILES string of the molecule is COC(=O)C[C@H](c1cc(OC)c(O)c(OC)c1)c1c(O)cc(C)oc1=O. The highest BCUT2D eigenvalue weighted by Crippen LogP contribution is 2.42. The average Bonchev–Trinajstić information content (AvgIpc) is 2.60. The number of methoxy groups -OCH3 is 3. The first-order valence-electron chi connectivity index (χ1n) is 7.67. The molecule has 0 bridgehead atoms. The molecule has 1 aromatic carbocycles. The van der Waals surface area contributed by atoms with Crippen LogP contribution in [0, 0.1) is 6.92 Å². The van der Waals surface area contributed by atoms with Crippen molar-refractivity contribution in [3.63, 3.8) is 0 Å². The van der Waals surface area contributed by atoms with E-state index in [0.717, 1.165) is 0 Å². The monoisotopic (exact) mass is 364 g/mol. The molecule has 2 rings (SSSR count). The van der Waals surface area contributed by atoms with Gasteiger partial charge in [0.1, 0.15) is 11.5 Å². The van der Waals surface area contributed by atoms with E-state index in [0.29, 0.717) is 5.56 Å². The standard InChI is InChI=1S/C18H20O8/c1-9-5-12(19)16(18(22)26-9)11(8-15(20)25-4)10-6-13(23-2)17(21)14(7-10)24-3/h5-7,11,19,21H,8H2,1-4H3/t11-/m1/s1. The van der Waals surface area contributed by atoms with Crippen LogP contribution in [-0.4, -0.2) is 37.5 Å². The predicted molar refractivity (Wildman–Crippen MR) is 91.1 cm³/mol. The lowest BCUT2D eigenvalue weighted by atomic mass is 9.88. The van der Waals surface area contributed by atoms with E-state index in [1.807, 2.05) is 0 Å². The highest BCUT2D eigenvalue weighted by atomic mass is 16.5. The van der Waals surface area contributed by atoms with Crippen molar-refractivity contribution in [3.8, 4) is 23.0 Å². The predicted octanol–water partition coefficient (Wildman–Crippen LogP) is 2.07. The molecular weight excluding hydrogens is 344 g/mol. The third-order valence-electron chi connectivity index (χ3n) is 3.94. The fourth-order valence-corrected chi connectivity index (χ4v) is 2.68. The summed E-state index contributed by atoms with van der Waals surface area (Å²) in [6, 6.07) is 4.18. The molecule has 8 heteroatoms. The summed E-state index contributed by atoms with van der Waals surface area (Å²) in [6.07, 6.45) is -0.241. The van der Waals surface area contributed by atoms with E-state index in [2.05, 4.69) is 0 Å². The summed E-state index contributed by atoms with van der Waals surface area (Å²) in [5, 5.41) is 20.3. The molecule has 1 heterocycles. The largest absolute Gasteiger partial charge is 0.507 e. The molecule has 8 nitrogen and oxygen atoms in total. The quantitative estimate of drug-likeness (QED) is 0.749. The van der Waals surface area contributed by atoms with E-state index in [-0.39, 0.29) is 40.7 Å². The van der Waals surface area contributed by atoms with Crippen LogP contribution in [0.15, 0.2) is 27.4 Å². The second kappa shape index (κ2) is 7.81. The first kappa shape index (κ1) is 19.2. The van der Waals surface area contributed by atoms with Gasteiger partial charge in [-0.2, -0.15) is 0 Å². The maximum Gasteiger partial charge on any atom is 0.343 e. The molecule has 0 aliphatic heterocycles. The van der Waals surface area contributed by atoms with Crippen molar-refractivity contribution in [1.82, 2.24) is 0 Å². The van der Waals surface area contributed by atoms with Crippen LogP contribution in [0.1, 0.15) is 29.2 Å². The lowest BCUT2D eigenvalue weighted by Crippen LogP contribution is -2.18. The molecule has 26 heavy (non-hydrogen) atoms. The Bertz CT molecular complexity index is 843. The van der Waals surface area contributed by atoms with Crippen molar-refractivity contribution in [2.45, 2.75) is 19.3 Å². The van der Waals surface area contributed by atoms with Gasteiger partial charge in [-0.1, -0.05) is 0 Å². The van der Waals surface area contributed by atoms with Gasteiger partial charge >= 0.3 is 11.6 Å². The molecule has 0 aliphatic rings. The first-order chi connectivity index (χ1) is 12.3. The van der Waals surface area contributed by atoms with E-state index in [1.54, 1.807) is 0 Å². The number of aryl methyl sites for hydroxylation is 1. The second-order valence-electron chi connectivity index (χ2n) is 5.55. The number of phenols is 1. The van der Waals surface area contributed by atoms with E-state index in [9.17, 15) is 19.8 Å². The van der Waals surface area contributed by atoms with Crippen molar-refractivity contribution in [3.05, 3.63) is 45.5 Å². The summed E-state index contributed by atoms with van der Waals surface area (Å²) in [6.45, 7) is 1.52. The van der Waals surface area contributed by atoms with Crippen LogP contribution in [0.3, 0.4) is 0 Å². The minimum Gasteiger partial charge on any atom is -0.507 e. The lowest BCUT2D eigenvalue weighted by Gasteiger charge is -2.19. The molecule has 0 amide bonds. The molecule has 0 spiro atoms. The van der Waals surface area contributed by atoms with Gasteiger partial charge in [-0.15, -0.1) is 0 Å². The third-order valence-corrected chi connectivity index (χ3v) is 3.94. The summed E-state index contributed by atoms with van der Waals surface area (Å²) in [7, 11) is 3.92. The minimum absolute atomic E-state index is 0.0882. The van der Waals surface area contributed by atoms with Crippen LogP contribution in [0.2, 0.25) is 0 Å². The van der Waals surface area contributed by atoms with Gasteiger partial charge < -0.3 is 28.8 Å². The highest BCUT2D eigenvalue weighted by Gasteiger charge is 2.28. The summed E-state index contributed by atoms with van der Waals surface area (Å²) in [5.41, 5.74) is -0.480. The Labute approximate surface area is 149 Å². The van der Waals surface area contributed by atoms with Gasteiger partial charge in [0.25, 0.3) is 0 Å². The van der Waals surface area contributed by atoms with Crippen molar-refractivity contribution >= 4 is 5.97 Å². The molecule has 0 radical (unpaired) electrons. The number of ether oxygens (including phenoxy) is 3. The van der Waals surface area contributed by atoms with Crippen molar-refractivity contribution in [2.75, 3.05) is 21.3 Å². The topological polar surface area (TPSA) is 115 Å². The molecule has 2 aromatic rings. The lowest BCUT2D eigenvalue weighted by molar-refractivity contribution is -0.140. The average molecular weight is 364 g/mol. The maximum absolute atomic E-state index is 12.3. The Balaban J connectivity index is 2.71. The number of phenolic OH excluding ortho intramolecular Hbond substituents is 1. The minimum atomic E-state index is -0.900. The Morgan fingerprint density at radius 3 is 2.15 bits per heavy atom. The number of rotatable bonds is 6. The fourth-order valence-electron chi connectivity index (χ4n) is 2.68. The van der Waals surface area contributed by atoms with Crippen LogP contribution < -0.4 is 15.1 Å². The van der Waals surface area contributed by atoms with Crippen molar-refractivity contribution < 1.29 is 33.6 Å². The molecule has 0 unspecified atom stereocenters. The van der Waals surface area contributed by atoms with E-state index in [4.69, 9.17) is 18.6 Å². The van der Waals surface area contributed by atoms with Crippen LogP contribution in [-0.2, 0) is 9.53 Å². The molecule has 0 saturated carbocycles. The summed E-state index contributed by atoms with van der Waals surface area (Å²) in [4.78, 5) is 24.2. The zero-order chi connectivity index (χ0) is 19.4. The zero-order valence-corrected chi connectivity index (χ0v) is 14.9. The van der Waals surface area contributed by atoms with Crippen LogP contribution in [0.5, 0.6) is 23.0 Å². The molecule has 140 valence electrons. The highest BCUT2D eigenvalue weighted by molar-refractivity contribution is 5.72. The molecule has 0 fully saturated rings. The van der Waals surface area contributed by atoms with E-state index in [1.165, 1.54) is 46.5 Å². The van der Waals surface area contributed by atoms with Crippen LogP contribution in [0.25, 0.3) is 0 Å². The van der Waals surface area contributed by atoms with Gasteiger partial charge in [0, 0.05) is 12.0 Å². The van der Waals surface area contributed by atoms with E-state index >= 15 is 0 Å². The fraction of sp³-hybridized carbons (Fsp3) is 0.333. The molecule has 2 N–H and O–H groups in total.